The number of anilines is 1. The fourth-order valence-electron chi connectivity index (χ4n) is 4.26. The number of hydrogen-bond acceptors (Lipinski definition) is 4. The molecule has 28 heavy (non-hydrogen) atoms. The lowest BCUT2D eigenvalue weighted by Crippen LogP contribution is -2.35. The van der Waals surface area contributed by atoms with Gasteiger partial charge < -0.3 is 16.2 Å². The summed E-state index contributed by atoms with van der Waals surface area (Å²) in [6.07, 6.45) is 6.97. The number of carboxylic acid groups (broad SMARTS) is 1. The van der Waals surface area contributed by atoms with Crippen LogP contribution in [-0.4, -0.2) is 22.9 Å². The van der Waals surface area contributed by atoms with Crippen LogP contribution in [-0.2, 0) is 22.4 Å². The van der Waals surface area contributed by atoms with E-state index in [4.69, 9.17) is 5.73 Å². The largest absolute Gasteiger partial charge is 0.481 e. The highest BCUT2D eigenvalue weighted by molar-refractivity contribution is 7.17. The maximum Gasteiger partial charge on any atom is 0.307 e. The molecule has 0 aromatic carbocycles. The van der Waals surface area contributed by atoms with Crippen LogP contribution in [0.25, 0.3) is 0 Å². The van der Waals surface area contributed by atoms with Crippen molar-refractivity contribution in [2.24, 2.45) is 28.9 Å². The lowest BCUT2D eigenvalue weighted by molar-refractivity contribution is -0.146. The molecule has 0 spiro atoms. The van der Waals surface area contributed by atoms with Crippen molar-refractivity contribution in [3.8, 4) is 0 Å². The number of primary amides is 1. The summed E-state index contributed by atoms with van der Waals surface area (Å²) in [6.45, 7) is 6.66. The Balaban J connectivity index is 1.87. The molecule has 6 nitrogen and oxygen atoms in total. The quantitative estimate of drug-likeness (QED) is 0.666. The van der Waals surface area contributed by atoms with Gasteiger partial charge >= 0.3 is 5.97 Å². The number of carbonyl (C=O) groups excluding carboxylic acids is 2. The average molecular weight is 405 g/mol. The molecule has 0 aliphatic heterocycles. The summed E-state index contributed by atoms with van der Waals surface area (Å²) < 4.78 is 0. The van der Waals surface area contributed by atoms with Gasteiger partial charge in [-0.2, -0.15) is 0 Å². The number of amides is 2. The first kappa shape index (κ1) is 20.6. The maximum absolute atomic E-state index is 12.8. The molecule has 4 N–H and O–H groups in total. The predicted molar refractivity (Wildman–Crippen MR) is 109 cm³/mol. The van der Waals surface area contributed by atoms with Crippen molar-refractivity contribution < 1.29 is 19.5 Å². The minimum absolute atomic E-state index is 0.168. The van der Waals surface area contributed by atoms with Crippen LogP contribution < -0.4 is 11.1 Å². The number of fused-ring (bicyclic) bond motifs is 1. The van der Waals surface area contributed by atoms with Crippen LogP contribution in [0.3, 0.4) is 0 Å². The van der Waals surface area contributed by atoms with Gasteiger partial charge in [0.15, 0.2) is 0 Å². The van der Waals surface area contributed by atoms with Gasteiger partial charge in [-0.15, -0.1) is 11.3 Å². The average Bonchev–Trinajstić information content (AvgIpc) is 2.97. The molecule has 7 heteroatoms. The maximum atomic E-state index is 12.8. The van der Waals surface area contributed by atoms with E-state index >= 15 is 0 Å². The molecular formula is C21H28N2O4S. The van der Waals surface area contributed by atoms with E-state index in [-0.39, 0.29) is 11.3 Å². The Labute approximate surface area is 169 Å². The standard InChI is InChI=1S/C21H28N2O4S/c1-21(2,3)11-8-9-14-15(10-11)28-19(16(14)17(22)24)23-18(25)12-6-4-5-7-13(12)20(26)27/h4-5,11-13H,6-10H2,1-3H3,(H2,22,24)(H,23,25)(H,26,27)/t11-,12-,13+/m1/s1. The number of carbonyl (C=O) groups is 3. The molecule has 3 rings (SSSR count). The van der Waals surface area contributed by atoms with E-state index in [0.29, 0.717) is 29.3 Å². The fourth-order valence-corrected chi connectivity index (χ4v) is 5.59. The molecule has 2 aliphatic rings. The number of aliphatic carboxylic acids is 1. The minimum Gasteiger partial charge on any atom is -0.481 e. The number of thiophene rings is 1. The SMILES string of the molecule is CC(C)(C)[C@@H]1CCc2c(sc(NC(=O)[C@@H]3CC=CC[C@@H]3C(=O)O)c2C(N)=O)C1. The predicted octanol–water partition coefficient (Wildman–Crippen LogP) is 3.60. The summed E-state index contributed by atoms with van der Waals surface area (Å²) in [5, 5.41) is 12.7. The molecule has 152 valence electrons. The molecule has 0 unspecified atom stereocenters. The smallest absolute Gasteiger partial charge is 0.307 e. The topological polar surface area (TPSA) is 109 Å². The van der Waals surface area contributed by atoms with Gasteiger partial charge in [-0.05, 0) is 49.0 Å². The van der Waals surface area contributed by atoms with E-state index in [1.165, 1.54) is 11.3 Å². The van der Waals surface area contributed by atoms with Crippen molar-refractivity contribution in [2.45, 2.75) is 52.9 Å². The van der Waals surface area contributed by atoms with Gasteiger partial charge in [0.1, 0.15) is 5.00 Å². The zero-order chi connectivity index (χ0) is 20.6. The highest BCUT2D eigenvalue weighted by Gasteiger charge is 2.37. The van der Waals surface area contributed by atoms with E-state index in [0.717, 1.165) is 29.7 Å². The van der Waals surface area contributed by atoms with Crippen molar-refractivity contribution >= 4 is 34.1 Å². The van der Waals surface area contributed by atoms with Crippen LogP contribution in [0.15, 0.2) is 12.2 Å². The third kappa shape index (κ3) is 3.99. The molecule has 1 heterocycles. The van der Waals surface area contributed by atoms with Gasteiger partial charge in [-0.25, -0.2) is 0 Å². The van der Waals surface area contributed by atoms with Crippen LogP contribution in [0.5, 0.6) is 0 Å². The zero-order valence-corrected chi connectivity index (χ0v) is 17.4. The first-order chi connectivity index (χ1) is 13.1. The Hall–Kier alpha value is -2.15. The lowest BCUT2D eigenvalue weighted by atomic mass is 9.72. The van der Waals surface area contributed by atoms with Gasteiger partial charge in [0, 0.05) is 4.88 Å². The molecule has 3 atom stereocenters. The Morgan fingerprint density at radius 1 is 1.18 bits per heavy atom. The monoisotopic (exact) mass is 404 g/mol. The summed E-state index contributed by atoms with van der Waals surface area (Å²) in [7, 11) is 0. The molecule has 0 saturated heterocycles. The van der Waals surface area contributed by atoms with E-state index in [1.54, 1.807) is 6.08 Å². The number of nitrogens with two attached hydrogens (primary N) is 1. The third-order valence-electron chi connectivity index (χ3n) is 6.06. The van der Waals surface area contributed by atoms with E-state index in [2.05, 4.69) is 26.1 Å². The highest BCUT2D eigenvalue weighted by atomic mass is 32.1. The third-order valence-corrected chi connectivity index (χ3v) is 7.23. The molecule has 0 radical (unpaired) electrons. The van der Waals surface area contributed by atoms with Crippen molar-refractivity contribution in [3.05, 3.63) is 28.2 Å². The van der Waals surface area contributed by atoms with E-state index in [9.17, 15) is 19.5 Å². The van der Waals surface area contributed by atoms with E-state index in [1.807, 2.05) is 6.08 Å². The molecule has 1 aromatic heterocycles. The van der Waals surface area contributed by atoms with Crippen LogP contribution in [0.4, 0.5) is 5.00 Å². The second-order valence-electron chi connectivity index (χ2n) is 8.86. The second kappa shape index (κ2) is 7.70. The highest BCUT2D eigenvalue weighted by Crippen LogP contribution is 2.44. The number of hydrogen-bond donors (Lipinski definition) is 3. The molecule has 1 aromatic rings. The molecule has 2 amide bonds. The Morgan fingerprint density at radius 3 is 2.39 bits per heavy atom. The van der Waals surface area contributed by atoms with Crippen LogP contribution >= 0.6 is 11.3 Å². The number of rotatable bonds is 4. The molecule has 0 bridgehead atoms. The molecule has 2 aliphatic carbocycles. The zero-order valence-electron chi connectivity index (χ0n) is 16.6. The minimum atomic E-state index is -0.974. The summed E-state index contributed by atoms with van der Waals surface area (Å²) in [5.41, 5.74) is 7.16. The van der Waals surface area contributed by atoms with Crippen molar-refractivity contribution in [1.29, 1.82) is 0 Å². The number of allylic oxidation sites excluding steroid dienone is 2. The van der Waals surface area contributed by atoms with Gasteiger partial charge in [0.2, 0.25) is 5.91 Å². The Kier molecular flexibility index (Phi) is 5.66. The van der Waals surface area contributed by atoms with Crippen LogP contribution in [0, 0.1) is 23.2 Å². The molecule has 0 fully saturated rings. The lowest BCUT2D eigenvalue weighted by Gasteiger charge is -2.33. The summed E-state index contributed by atoms with van der Waals surface area (Å²) in [4.78, 5) is 37.6. The van der Waals surface area contributed by atoms with Crippen molar-refractivity contribution in [2.75, 3.05) is 5.32 Å². The second-order valence-corrected chi connectivity index (χ2v) is 9.97. The Morgan fingerprint density at radius 2 is 1.82 bits per heavy atom. The van der Waals surface area contributed by atoms with Crippen LogP contribution in [0.2, 0.25) is 0 Å². The summed E-state index contributed by atoms with van der Waals surface area (Å²) >= 11 is 1.41. The van der Waals surface area contributed by atoms with Crippen LogP contribution in [0.1, 0.15) is 60.8 Å². The first-order valence-electron chi connectivity index (χ1n) is 9.72. The number of nitrogens with one attached hydrogen (secondary N) is 1. The van der Waals surface area contributed by atoms with Crippen molar-refractivity contribution in [3.63, 3.8) is 0 Å². The molecule has 0 saturated carbocycles. The summed E-state index contributed by atoms with van der Waals surface area (Å²) in [6, 6.07) is 0. The first-order valence-corrected chi connectivity index (χ1v) is 10.5. The summed E-state index contributed by atoms with van der Waals surface area (Å²) in [5.74, 6) is -2.77. The van der Waals surface area contributed by atoms with Gasteiger partial charge in [0.05, 0.1) is 17.4 Å². The van der Waals surface area contributed by atoms with Gasteiger partial charge in [0.25, 0.3) is 5.91 Å². The Bertz CT molecular complexity index is 834. The fraction of sp³-hybridized carbons (Fsp3) is 0.571. The normalized spacial score (nSPS) is 24.5. The van der Waals surface area contributed by atoms with E-state index < -0.39 is 23.7 Å². The van der Waals surface area contributed by atoms with Gasteiger partial charge in [-0.1, -0.05) is 32.9 Å². The number of carboxylic acids is 1. The van der Waals surface area contributed by atoms with Gasteiger partial charge in [-0.3, -0.25) is 14.4 Å². The molecular weight excluding hydrogens is 376 g/mol. The van der Waals surface area contributed by atoms with Crippen molar-refractivity contribution in [1.82, 2.24) is 0 Å².